The molecule has 1 aromatic rings. The number of allylic oxidation sites excluding steroid dienone is 1. The van der Waals surface area contributed by atoms with Gasteiger partial charge in [-0.15, -0.1) is 0 Å². The molecular weight excluding hydrogens is 207 g/mol. The van der Waals surface area contributed by atoms with E-state index in [4.69, 9.17) is 5.41 Å². The van der Waals surface area contributed by atoms with Gasteiger partial charge < -0.3 is 0 Å². The third-order valence-electron chi connectivity index (χ3n) is 1.95. The average Bonchev–Trinajstić information content (AvgIpc) is 2.43. The molecule has 0 saturated carbocycles. The van der Waals surface area contributed by atoms with E-state index in [0.717, 1.165) is 34.3 Å². The summed E-state index contributed by atoms with van der Waals surface area (Å²) in [5.74, 6) is 0. The van der Waals surface area contributed by atoms with E-state index in [9.17, 15) is 0 Å². The second-order valence-electron chi connectivity index (χ2n) is 2.78. The van der Waals surface area contributed by atoms with E-state index in [2.05, 4.69) is 34.2 Å². The number of hydrogen-bond donors (Lipinski definition) is 2. The first-order chi connectivity index (χ1) is 6.24. The van der Waals surface area contributed by atoms with Crippen LogP contribution in [0.2, 0.25) is 0 Å². The Kier molecular flexibility index (Phi) is 3.51. The standard InChI is InChI=1S/C10H13N2.Co/c1-3-5-10-8(7-11)6-9(4-2)12-10;/h3,7,11-12H,1,4-5H2,2H3;. The second kappa shape index (κ2) is 4.44. The van der Waals surface area contributed by atoms with Crippen molar-refractivity contribution in [2.45, 2.75) is 19.8 Å². The molecule has 1 aromatic heterocycles. The minimum atomic E-state index is 0.761. The van der Waals surface area contributed by atoms with E-state index < -0.39 is 0 Å². The number of hydrogen-bond acceptors (Lipinski definition) is 1. The van der Waals surface area contributed by atoms with Gasteiger partial charge in [0.2, 0.25) is 0 Å². The van der Waals surface area contributed by atoms with Crippen LogP contribution < -0.4 is 4.50 Å². The summed E-state index contributed by atoms with van der Waals surface area (Å²) in [4.78, 5) is 3.25. The van der Waals surface area contributed by atoms with Crippen LogP contribution in [0.4, 0.5) is 0 Å². The van der Waals surface area contributed by atoms with E-state index in [1.807, 2.05) is 6.08 Å². The fourth-order valence-electron chi connectivity index (χ4n) is 1.28. The zero-order valence-electron chi connectivity index (χ0n) is 7.61. The summed E-state index contributed by atoms with van der Waals surface area (Å²) in [6.45, 7) is 5.74. The van der Waals surface area contributed by atoms with Gasteiger partial charge in [0.25, 0.3) is 0 Å². The molecule has 72 valence electrons. The zero-order valence-corrected chi connectivity index (χ0v) is 8.65. The first kappa shape index (κ1) is 10.3. The topological polar surface area (TPSA) is 39.6 Å². The maximum absolute atomic E-state index is 7.26. The molecule has 0 aliphatic carbocycles. The Balaban J connectivity index is 3.18. The second-order valence-corrected chi connectivity index (χ2v) is 3.30. The van der Waals surface area contributed by atoms with Crippen LogP contribution >= 0.6 is 0 Å². The number of H-pyrrole nitrogens is 1. The summed E-state index contributed by atoms with van der Waals surface area (Å²) in [7, 11) is 0. The summed E-state index contributed by atoms with van der Waals surface area (Å²) >= 11 is 4.42. The minimum absolute atomic E-state index is 0.761. The average molecular weight is 220 g/mol. The number of nitrogens with one attached hydrogen (secondary N) is 2. The molecule has 0 fully saturated rings. The molecule has 0 atom stereocenters. The van der Waals surface area contributed by atoms with E-state index in [1.54, 1.807) is 0 Å². The molecule has 0 unspecified atom stereocenters. The van der Waals surface area contributed by atoms with Crippen molar-refractivity contribution < 1.29 is 15.7 Å². The fourth-order valence-corrected chi connectivity index (χ4v) is 1.76. The van der Waals surface area contributed by atoms with Gasteiger partial charge in [0.1, 0.15) is 0 Å². The Bertz CT molecular complexity index is 326. The van der Waals surface area contributed by atoms with Gasteiger partial charge in [-0.2, -0.15) is 0 Å². The third kappa shape index (κ3) is 1.92. The Morgan fingerprint density at radius 3 is 2.69 bits per heavy atom. The van der Waals surface area contributed by atoms with Crippen molar-refractivity contribution in [3.63, 3.8) is 0 Å². The third-order valence-corrected chi connectivity index (χ3v) is 2.54. The van der Waals surface area contributed by atoms with Gasteiger partial charge in [-0.1, -0.05) is 0 Å². The first-order valence-corrected chi connectivity index (χ1v) is 4.75. The monoisotopic (exact) mass is 220 g/mol. The molecule has 0 spiro atoms. The molecule has 1 rings (SSSR count). The van der Waals surface area contributed by atoms with Gasteiger partial charge in [-0.3, -0.25) is 0 Å². The fraction of sp³-hybridized carbons (Fsp3) is 0.300. The van der Waals surface area contributed by atoms with Gasteiger partial charge in [0, 0.05) is 0 Å². The predicted octanol–water partition coefficient (Wildman–Crippen LogP) is 1.48. The van der Waals surface area contributed by atoms with Crippen molar-refractivity contribution in [2.75, 3.05) is 0 Å². The van der Waals surface area contributed by atoms with Crippen LogP contribution in [-0.4, -0.2) is 11.2 Å². The van der Waals surface area contributed by atoms with Crippen molar-refractivity contribution in [3.8, 4) is 0 Å². The molecule has 0 aromatic carbocycles. The number of aromatic nitrogens is 1. The molecule has 0 bridgehead atoms. The van der Waals surface area contributed by atoms with Crippen molar-refractivity contribution >= 4 is 10.7 Å². The zero-order chi connectivity index (χ0) is 9.84. The Morgan fingerprint density at radius 1 is 1.54 bits per heavy atom. The van der Waals surface area contributed by atoms with Crippen LogP contribution in [0.25, 0.3) is 0 Å². The molecule has 0 aliphatic heterocycles. The van der Waals surface area contributed by atoms with E-state index in [-0.39, 0.29) is 0 Å². The molecule has 0 amide bonds. The van der Waals surface area contributed by atoms with Gasteiger partial charge >= 0.3 is 86.2 Å². The summed E-state index contributed by atoms with van der Waals surface area (Å²) < 4.78 is 0.891. The molecule has 2 N–H and O–H groups in total. The van der Waals surface area contributed by atoms with Crippen LogP contribution in [-0.2, 0) is 28.6 Å². The molecule has 2 nitrogen and oxygen atoms in total. The van der Waals surface area contributed by atoms with Crippen LogP contribution in [0, 0.1) is 5.41 Å². The van der Waals surface area contributed by atoms with Crippen molar-refractivity contribution in [1.82, 2.24) is 4.98 Å². The molecule has 0 radical (unpaired) electrons. The Morgan fingerprint density at radius 2 is 2.23 bits per heavy atom. The molecule has 0 saturated heterocycles. The number of aryl methyl sites for hydroxylation is 1. The normalized spacial score (nSPS) is 10.1. The van der Waals surface area contributed by atoms with Crippen molar-refractivity contribution in [3.05, 3.63) is 29.6 Å². The van der Waals surface area contributed by atoms with Crippen LogP contribution in [0.5, 0.6) is 0 Å². The van der Waals surface area contributed by atoms with Gasteiger partial charge in [0.15, 0.2) is 0 Å². The van der Waals surface area contributed by atoms with Crippen molar-refractivity contribution in [2.24, 2.45) is 0 Å². The van der Waals surface area contributed by atoms with Gasteiger partial charge in [-0.05, 0) is 0 Å². The van der Waals surface area contributed by atoms with E-state index in [0.29, 0.717) is 0 Å². The summed E-state index contributed by atoms with van der Waals surface area (Å²) in [6.07, 6.45) is 4.84. The molecule has 0 aliphatic rings. The predicted molar refractivity (Wildman–Crippen MR) is 51.6 cm³/mol. The van der Waals surface area contributed by atoms with Gasteiger partial charge in [0.05, 0.1) is 0 Å². The first-order valence-electron chi connectivity index (χ1n) is 4.22. The summed E-state index contributed by atoms with van der Waals surface area (Å²) in [5.41, 5.74) is 3.01. The van der Waals surface area contributed by atoms with E-state index in [1.165, 1.54) is 6.21 Å². The number of rotatable bonds is 4. The molecule has 13 heavy (non-hydrogen) atoms. The Labute approximate surface area is 86.5 Å². The molecule has 1 heterocycles. The quantitative estimate of drug-likeness (QED) is 0.570. The molecular formula is C10H13CoN2. The van der Waals surface area contributed by atoms with Gasteiger partial charge in [-0.25, -0.2) is 0 Å². The van der Waals surface area contributed by atoms with Crippen LogP contribution in [0.3, 0.4) is 0 Å². The number of aromatic amines is 1. The molecule has 3 heteroatoms. The van der Waals surface area contributed by atoms with E-state index >= 15 is 0 Å². The SMILES string of the molecule is C=CCc1[nH]c(CC)[c]([Co])c1C=N. The van der Waals surface area contributed by atoms with Crippen LogP contribution in [0.15, 0.2) is 12.7 Å². The summed E-state index contributed by atoms with van der Waals surface area (Å²) in [6, 6.07) is 0. The van der Waals surface area contributed by atoms with Crippen molar-refractivity contribution in [1.29, 1.82) is 5.41 Å². The van der Waals surface area contributed by atoms with Crippen LogP contribution in [0.1, 0.15) is 23.9 Å². The summed E-state index contributed by atoms with van der Waals surface area (Å²) in [5, 5.41) is 7.26. The maximum atomic E-state index is 7.26. The Hall–Kier alpha value is -0.804.